The van der Waals surface area contributed by atoms with Gasteiger partial charge in [-0.05, 0) is 48.7 Å². The lowest BCUT2D eigenvalue weighted by Gasteiger charge is -2.14. The quantitative estimate of drug-likeness (QED) is 0.113. The number of nitrogens with zero attached hydrogens (tertiary/aromatic N) is 3. The Morgan fingerprint density at radius 1 is 0.950 bits per heavy atom. The van der Waals surface area contributed by atoms with E-state index in [2.05, 4.69) is 28.5 Å². The van der Waals surface area contributed by atoms with E-state index >= 15 is 0 Å². The Morgan fingerprint density at radius 2 is 1.65 bits per heavy atom. The molecule has 3 rings (SSSR count). The van der Waals surface area contributed by atoms with E-state index in [9.17, 15) is 4.79 Å². The van der Waals surface area contributed by atoms with Gasteiger partial charge in [0.25, 0.3) is 0 Å². The highest BCUT2D eigenvalue weighted by atomic mass is 35.5. The molecule has 0 spiro atoms. The van der Waals surface area contributed by atoms with Gasteiger partial charge >= 0.3 is 0 Å². The van der Waals surface area contributed by atoms with Gasteiger partial charge in [-0.1, -0.05) is 113 Å². The molecule has 0 saturated heterocycles. The lowest BCUT2D eigenvalue weighted by Crippen LogP contribution is -2.24. The van der Waals surface area contributed by atoms with Crippen molar-refractivity contribution in [2.24, 2.45) is 0 Å². The zero-order valence-electron chi connectivity index (χ0n) is 24.4. The van der Waals surface area contributed by atoms with E-state index in [1.807, 2.05) is 47.9 Å². The fourth-order valence-corrected chi connectivity index (χ4v) is 5.77. The predicted molar refractivity (Wildman–Crippen MR) is 167 cm³/mol. The molecule has 0 aliphatic heterocycles. The third-order valence-electron chi connectivity index (χ3n) is 7.07. The van der Waals surface area contributed by atoms with Gasteiger partial charge in [-0.25, -0.2) is 0 Å². The molecule has 1 aromatic heterocycles. The van der Waals surface area contributed by atoms with Crippen molar-refractivity contribution in [3.63, 3.8) is 0 Å². The zero-order valence-corrected chi connectivity index (χ0v) is 26.0. The van der Waals surface area contributed by atoms with Crippen molar-refractivity contribution >= 4 is 29.3 Å². The summed E-state index contributed by atoms with van der Waals surface area (Å²) in [4.78, 5) is 12.6. The van der Waals surface area contributed by atoms with Crippen molar-refractivity contribution in [2.45, 2.75) is 108 Å². The van der Waals surface area contributed by atoms with Gasteiger partial charge in [0.1, 0.15) is 5.75 Å². The number of methoxy groups -OCH3 is 1. The Morgan fingerprint density at radius 3 is 2.35 bits per heavy atom. The number of hydrogen-bond donors (Lipinski definition) is 1. The second kappa shape index (κ2) is 18.0. The number of benzene rings is 2. The van der Waals surface area contributed by atoms with Crippen molar-refractivity contribution in [1.82, 2.24) is 20.1 Å². The molecule has 0 aliphatic carbocycles. The van der Waals surface area contributed by atoms with Gasteiger partial charge in [0, 0.05) is 17.2 Å². The minimum atomic E-state index is 0.0545. The highest BCUT2D eigenvalue weighted by molar-refractivity contribution is 7.98. The van der Waals surface area contributed by atoms with E-state index in [1.54, 1.807) is 18.9 Å². The smallest absolute Gasteiger partial charge is 0.220 e. The van der Waals surface area contributed by atoms with Crippen LogP contribution in [-0.2, 0) is 17.1 Å². The predicted octanol–water partition coefficient (Wildman–Crippen LogP) is 8.85. The highest BCUT2D eigenvalue weighted by Crippen LogP contribution is 2.29. The average Bonchev–Trinajstić information content (AvgIpc) is 3.37. The van der Waals surface area contributed by atoms with Crippen molar-refractivity contribution in [3.8, 4) is 11.4 Å². The van der Waals surface area contributed by atoms with E-state index in [0.29, 0.717) is 29.6 Å². The van der Waals surface area contributed by atoms with Crippen LogP contribution in [0.5, 0.6) is 5.75 Å². The van der Waals surface area contributed by atoms with Gasteiger partial charge in [-0.2, -0.15) is 0 Å². The third-order valence-corrected chi connectivity index (χ3v) is 8.30. The second-order valence-electron chi connectivity index (χ2n) is 10.4. The summed E-state index contributed by atoms with van der Waals surface area (Å²) in [6.45, 7) is 4.61. The van der Waals surface area contributed by atoms with E-state index in [-0.39, 0.29) is 5.91 Å². The Hall–Kier alpha value is -2.51. The average molecular weight is 585 g/mol. The molecule has 0 radical (unpaired) electrons. The molecule has 1 amide bonds. The molecule has 1 heterocycles. The summed E-state index contributed by atoms with van der Waals surface area (Å²) < 4.78 is 7.37. The fourth-order valence-electron chi connectivity index (χ4n) is 4.70. The summed E-state index contributed by atoms with van der Waals surface area (Å²) in [6, 6.07) is 13.8. The van der Waals surface area contributed by atoms with Crippen LogP contribution >= 0.6 is 23.4 Å². The molecule has 2 aromatic carbocycles. The van der Waals surface area contributed by atoms with Crippen molar-refractivity contribution in [1.29, 1.82) is 0 Å². The van der Waals surface area contributed by atoms with Gasteiger partial charge in [-0.15, -0.1) is 10.2 Å². The van der Waals surface area contributed by atoms with Crippen LogP contribution in [0.25, 0.3) is 5.69 Å². The maximum absolute atomic E-state index is 12.6. The number of rotatable bonds is 19. The molecule has 40 heavy (non-hydrogen) atoms. The summed E-state index contributed by atoms with van der Waals surface area (Å²) in [5.41, 5.74) is 3.10. The summed E-state index contributed by atoms with van der Waals surface area (Å²) in [5.74, 6) is 2.27. The molecule has 6 nitrogen and oxygen atoms in total. The van der Waals surface area contributed by atoms with Gasteiger partial charge in [0.2, 0.25) is 5.91 Å². The molecule has 1 N–H and O–H groups in total. The highest BCUT2D eigenvalue weighted by Gasteiger charge is 2.17. The molecule has 0 saturated carbocycles. The minimum Gasteiger partial charge on any atom is -0.497 e. The van der Waals surface area contributed by atoms with Crippen molar-refractivity contribution in [3.05, 3.63) is 64.4 Å². The van der Waals surface area contributed by atoms with Gasteiger partial charge < -0.3 is 10.1 Å². The van der Waals surface area contributed by atoms with Gasteiger partial charge in [-0.3, -0.25) is 9.36 Å². The largest absolute Gasteiger partial charge is 0.497 e. The van der Waals surface area contributed by atoms with Crippen LogP contribution in [0.4, 0.5) is 0 Å². The zero-order chi connectivity index (χ0) is 28.6. The SMILES string of the molecule is CCCCCCCCCCCCCC(=O)NCc1nnc(SCc2cccc(OC)c2)n1-c1cc(Cl)ccc1C. The van der Waals surface area contributed by atoms with Crippen molar-refractivity contribution < 1.29 is 9.53 Å². The van der Waals surface area contributed by atoms with Crippen LogP contribution in [0.2, 0.25) is 5.02 Å². The third kappa shape index (κ3) is 10.8. The summed E-state index contributed by atoms with van der Waals surface area (Å²) >= 11 is 7.96. The fraction of sp³-hybridized carbons (Fsp3) is 0.531. The topological polar surface area (TPSA) is 69.0 Å². The van der Waals surface area contributed by atoms with Crippen LogP contribution in [0.15, 0.2) is 47.6 Å². The number of nitrogens with one attached hydrogen (secondary N) is 1. The molecule has 0 aliphatic rings. The van der Waals surface area contributed by atoms with Crippen molar-refractivity contribution in [2.75, 3.05) is 7.11 Å². The lowest BCUT2D eigenvalue weighted by molar-refractivity contribution is -0.121. The first-order valence-electron chi connectivity index (χ1n) is 14.7. The first-order valence-corrected chi connectivity index (χ1v) is 16.1. The number of unbranched alkanes of at least 4 members (excludes halogenated alkanes) is 10. The van der Waals surface area contributed by atoms with Crippen LogP contribution in [0, 0.1) is 6.92 Å². The van der Waals surface area contributed by atoms with Gasteiger partial charge in [0.05, 0.1) is 19.3 Å². The molecule has 8 heteroatoms. The number of hydrogen-bond acceptors (Lipinski definition) is 5. The number of amides is 1. The molecule has 0 atom stereocenters. The Labute approximate surface area is 249 Å². The molecule has 0 bridgehead atoms. The van der Waals surface area contributed by atoms with E-state index in [0.717, 1.165) is 40.6 Å². The lowest BCUT2D eigenvalue weighted by atomic mass is 10.1. The summed E-state index contributed by atoms with van der Waals surface area (Å²) in [6.07, 6.45) is 14.5. The molecule has 0 unspecified atom stereocenters. The standard InChI is InChI=1S/C32H45ClN4O2S/c1-4-5-6-7-8-9-10-11-12-13-14-18-31(38)34-23-30-35-36-32(37(30)29-22-27(33)20-19-25(29)2)40-24-26-16-15-17-28(21-26)39-3/h15-17,19-22H,4-14,18,23-24H2,1-3H3,(H,34,38). The Kier molecular flexibility index (Phi) is 14.4. The van der Waals surface area contributed by atoms with Crippen LogP contribution in [0.3, 0.4) is 0 Å². The number of thioether (sulfide) groups is 1. The number of carbonyl (C=O) groups is 1. The molecule has 0 fully saturated rings. The molecular weight excluding hydrogens is 540 g/mol. The van der Waals surface area contributed by atoms with Crippen LogP contribution in [-0.4, -0.2) is 27.8 Å². The van der Waals surface area contributed by atoms with Gasteiger partial charge in [0.15, 0.2) is 11.0 Å². The normalized spacial score (nSPS) is 11.1. The Balaban J connectivity index is 1.51. The number of aromatic nitrogens is 3. The minimum absolute atomic E-state index is 0.0545. The summed E-state index contributed by atoms with van der Waals surface area (Å²) in [5, 5.41) is 13.4. The molecule has 218 valence electrons. The number of ether oxygens (including phenoxy) is 1. The van der Waals surface area contributed by atoms with E-state index < -0.39 is 0 Å². The first kappa shape index (κ1) is 32.0. The molecule has 3 aromatic rings. The number of carbonyl (C=O) groups excluding carboxylic acids is 1. The number of halogens is 1. The van der Waals surface area contributed by atoms with Crippen LogP contribution in [0.1, 0.15) is 101 Å². The van der Waals surface area contributed by atoms with Crippen LogP contribution < -0.4 is 10.1 Å². The van der Waals surface area contributed by atoms with E-state index in [1.165, 1.54) is 57.8 Å². The number of aryl methyl sites for hydroxylation is 1. The Bertz CT molecular complexity index is 1180. The molecular formula is C32H45ClN4O2S. The first-order chi connectivity index (χ1) is 19.5. The summed E-state index contributed by atoms with van der Waals surface area (Å²) in [7, 11) is 1.67. The van der Waals surface area contributed by atoms with E-state index in [4.69, 9.17) is 16.3 Å². The maximum atomic E-state index is 12.6. The second-order valence-corrected chi connectivity index (χ2v) is 11.7. The maximum Gasteiger partial charge on any atom is 0.220 e. The monoisotopic (exact) mass is 584 g/mol.